The number of hydrogen-bond acceptors (Lipinski definition) is 5. The van der Waals surface area contributed by atoms with E-state index in [-0.39, 0.29) is 12.5 Å². The fourth-order valence-corrected chi connectivity index (χ4v) is 4.98. The van der Waals surface area contributed by atoms with Gasteiger partial charge in [-0.05, 0) is 48.7 Å². The molecule has 0 aromatic heterocycles. The van der Waals surface area contributed by atoms with Gasteiger partial charge in [-0.3, -0.25) is 4.79 Å². The van der Waals surface area contributed by atoms with Gasteiger partial charge < -0.3 is 19.9 Å². The summed E-state index contributed by atoms with van der Waals surface area (Å²) in [4.78, 5) is 18.8. The lowest BCUT2D eigenvalue weighted by Crippen LogP contribution is -2.48. The zero-order valence-electron chi connectivity index (χ0n) is 21.3. The third-order valence-corrected chi connectivity index (χ3v) is 7.17. The number of ether oxygens (including phenoxy) is 2. The number of halogens is 1. The van der Waals surface area contributed by atoms with Crippen LogP contribution in [0.25, 0.3) is 0 Å². The Morgan fingerprint density at radius 3 is 2.53 bits per heavy atom. The number of aryl methyl sites for hydroxylation is 1. The van der Waals surface area contributed by atoms with Crippen molar-refractivity contribution in [2.24, 2.45) is 4.99 Å². The number of hydrogen-bond donors (Lipinski definition) is 2. The maximum Gasteiger partial charge on any atom is 0.252 e. The van der Waals surface area contributed by atoms with Gasteiger partial charge >= 0.3 is 0 Å². The van der Waals surface area contributed by atoms with Crippen LogP contribution in [0.2, 0.25) is 0 Å². The fraction of sp³-hybridized carbons (Fsp3) is 0.290. The lowest BCUT2D eigenvalue weighted by molar-refractivity contribution is -0.128. The average Bonchev–Trinajstić information content (AvgIpc) is 3.33. The van der Waals surface area contributed by atoms with Crippen molar-refractivity contribution in [3.63, 3.8) is 0 Å². The molecule has 0 saturated heterocycles. The van der Waals surface area contributed by atoms with Crippen LogP contribution in [0.4, 0.5) is 0 Å². The molecular weight excluding hydrogens is 544 g/mol. The van der Waals surface area contributed by atoms with Crippen LogP contribution in [-0.2, 0) is 16.0 Å². The number of rotatable bonds is 13. The van der Waals surface area contributed by atoms with Crippen molar-refractivity contribution in [1.82, 2.24) is 5.32 Å². The highest BCUT2D eigenvalue weighted by Crippen LogP contribution is 2.44. The standard InChI is InChI=1S/C31H33BrN2O4/c1-2-19-31(30(36)33-20-8-12-23-10-4-3-5-11-23)28(26-13-6-7-14-27(26)32)38-29(34-31)24-15-17-25(18-16-24)37-22-9-21-35/h2-7,10-11,13-18,28,35H,1,8-9,12,19-22H2,(H,33,36)/t28-,31-/m1/s1. The number of aliphatic hydroxyl groups excluding tert-OH is 1. The highest BCUT2D eigenvalue weighted by molar-refractivity contribution is 9.10. The molecule has 3 aromatic carbocycles. The van der Waals surface area contributed by atoms with Gasteiger partial charge in [-0.1, -0.05) is 70.5 Å². The van der Waals surface area contributed by atoms with Crippen molar-refractivity contribution in [3.05, 3.63) is 113 Å². The molecule has 198 valence electrons. The monoisotopic (exact) mass is 576 g/mol. The third kappa shape index (κ3) is 6.52. The number of aliphatic hydroxyl groups is 1. The molecule has 7 heteroatoms. The first-order chi connectivity index (χ1) is 18.6. The largest absolute Gasteiger partial charge is 0.494 e. The topological polar surface area (TPSA) is 80.2 Å². The van der Waals surface area contributed by atoms with Crippen LogP contribution in [0, 0.1) is 0 Å². The van der Waals surface area contributed by atoms with Crippen LogP contribution in [0.1, 0.15) is 42.1 Å². The van der Waals surface area contributed by atoms with Crippen molar-refractivity contribution < 1.29 is 19.4 Å². The SMILES string of the molecule is C=CC[C@@]1(C(=O)NCCCc2ccccc2)N=C(c2ccc(OCCCO)cc2)O[C@@H]1c1ccccc1Br. The second kappa shape index (κ2) is 13.4. The highest BCUT2D eigenvalue weighted by Gasteiger charge is 2.52. The number of carbonyl (C=O) groups is 1. The van der Waals surface area contributed by atoms with E-state index >= 15 is 0 Å². The number of carbonyl (C=O) groups excluding carboxylic acids is 1. The van der Waals surface area contributed by atoms with Crippen molar-refractivity contribution >= 4 is 27.7 Å². The third-order valence-electron chi connectivity index (χ3n) is 6.44. The van der Waals surface area contributed by atoms with E-state index < -0.39 is 11.6 Å². The molecule has 0 spiro atoms. The van der Waals surface area contributed by atoms with Gasteiger partial charge in [-0.25, -0.2) is 4.99 Å². The number of amides is 1. The Kier molecular flexibility index (Phi) is 9.73. The second-order valence-electron chi connectivity index (χ2n) is 9.15. The van der Waals surface area contributed by atoms with Crippen LogP contribution >= 0.6 is 15.9 Å². The quantitative estimate of drug-likeness (QED) is 0.199. The molecule has 38 heavy (non-hydrogen) atoms. The molecule has 4 rings (SSSR count). The highest BCUT2D eigenvalue weighted by atomic mass is 79.9. The van der Waals surface area contributed by atoms with Gasteiger partial charge in [0.1, 0.15) is 5.75 Å². The van der Waals surface area contributed by atoms with E-state index in [2.05, 4.69) is 40.0 Å². The van der Waals surface area contributed by atoms with Crippen LogP contribution < -0.4 is 10.1 Å². The van der Waals surface area contributed by atoms with E-state index in [1.54, 1.807) is 6.08 Å². The van der Waals surface area contributed by atoms with E-state index in [0.29, 0.717) is 37.6 Å². The molecule has 3 aromatic rings. The van der Waals surface area contributed by atoms with Gasteiger partial charge in [0.15, 0.2) is 11.6 Å². The molecule has 0 bridgehead atoms. The van der Waals surface area contributed by atoms with Crippen LogP contribution in [0.3, 0.4) is 0 Å². The minimum atomic E-state index is -1.20. The summed E-state index contributed by atoms with van der Waals surface area (Å²) >= 11 is 3.64. The van der Waals surface area contributed by atoms with Gasteiger partial charge in [-0.2, -0.15) is 0 Å². The van der Waals surface area contributed by atoms with Crippen molar-refractivity contribution in [2.75, 3.05) is 19.8 Å². The van der Waals surface area contributed by atoms with E-state index in [9.17, 15) is 4.79 Å². The molecule has 1 amide bonds. The lowest BCUT2D eigenvalue weighted by atomic mass is 9.84. The normalized spacial score (nSPS) is 18.4. The minimum Gasteiger partial charge on any atom is -0.494 e. The number of nitrogens with one attached hydrogen (secondary N) is 1. The zero-order chi connectivity index (χ0) is 26.8. The summed E-state index contributed by atoms with van der Waals surface area (Å²) in [5.41, 5.74) is 1.63. The summed E-state index contributed by atoms with van der Waals surface area (Å²) in [6.07, 6.45) is 3.66. The molecule has 0 aliphatic carbocycles. The van der Waals surface area contributed by atoms with Crippen molar-refractivity contribution in [1.29, 1.82) is 0 Å². The van der Waals surface area contributed by atoms with Crippen molar-refractivity contribution in [3.8, 4) is 5.75 Å². The van der Waals surface area contributed by atoms with Crippen LogP contribution in [-0.4, -0.2) is 42.2 Å². The number of nitrogens with zero attached hydrogens (tertiary/aromatic N) is 1. The average molecular weight is 578 g/mol. The smallest absolute Gasteiger partial charge is 0.252 e. The lowest BCUT2D eigenvalue weighted by Gasteiger charge is -2.30. The maximum absolute atomic E-state index is 13.8. The van der Waals surface area contributed by atoms with Gasteiger partial charge in [0.25, 0.3) is 5.91 Å². The molecule has 1 heterocycles. The van der Waals surface area contributed by atoms with E-state index in [1.807, 2.05) is 66.7 Å². The summed E-state index contributed by atoms with van der Waals surface area (Å²) in [7, 11) is 0. The number of aliphatic imine (C=N–C) groups is 1. The Morgan fingerprint density at radius 1 is 1.08 bits per heavy atom. The van der Waals surface area contributed by atoms with Gasteiger partial charge in [-0.15, -0.1) is 6.58 Å². The number of benzene rings is 3. The summed E-state index contributed by atoms with van der Waals surface area (Å²) in [6.45, 7) is 4.98. The molecular formula is C31H33BrN2O4. The molecule has 2 atom stereocenters. The summed E-state index contributed by atoms with van der Waals surface area (Å²) in [5, 5.41) is 12.1. The Balaban J connectivity index is 1.58. The Morgan fingerprint density at radius 2 is 1.82 bits per heavy atom. The zero-order valence-corrected chi connectivity index (χ0v) is 22.9. The molecule has 0 unspecified atom stereocenters. The van der Waals surface area contributed by atoms with Gasteiger partial charge in [0.2, 0.25) is 5.90 Å². The second-order valence-corrected chi connectivity index (χ2v) is 10.0. The van der Waals surface area contributed by atoms with E-state index in [1.165, 1.54) is 5.56 Å². The summed E-state index contributed by atoms with van der Waals surface area (Å²) < 4.78 is 13.0. The molecule has 1 aliphatic heterocycles. The first-order valence-electron chi connectivity index (χ1n) is 12.9. The molecule has 0 saturated carbocycles. The predicted octanol–water partition coefficient (Wildman–Crippen LogP) is 5.79. The first-order valence-corrected chi connectivity index (χ1v) is 13.6. The fourth-order valence-electron chi connectivity index (χ4n) is 4.49. The molecule has 0 fully saturated rings. The summed E-state index contributed by atoms with van der Waals surface area (Å²) in [5.74, 6) is 0.899. The van der Waals surface area contributed by atoms with Crippen molar-refractivity contribution in [2.45, 2.75) is 37.3 Å². The van der Waals surface area contributed by atoms with E-state index in [0.717, 1.165) is 28.4 Å². The molecule has 0 radical (unpaired) electrons. The van der Waals surface area contributed by atoms with Gasteiger partial charge in [0, 0.05) is 41.6 Å². The predicted molar refractivity (Wildman–Crippen MR) is 153 cm³/mol. The van der Waals surface area contributed by atoms with Gasteiger partial charge in [0.05, 0.1) is 6.61 Å². The summed E-state index contributed by atoms with van der Waals surface area (Å²) in [6, 6.07) is 25.4. The minimum absolute atomic E-state index is 0.0822. The molecule has 1 aliphatic rings. The molecule has 2 N–H and O–H groups in total. The van der Waals surface area contributed by atoms with Crippen LogP contribution in [0.15, 0.2) is 101 Å². The first kappa shape index (κ1) is 27.6. The van der Waals surface area contributed by atoms with E-state index in [4.69, 9.17) is 19.6 Å². The maximum atomic E-state index is 13.8. The Bertz CT molecular complexity index is 1250. The van der Waals surface area contributed by atoms with Crippen LogP contribution in [0.5, 0.6) is 5.75 Å². The molecule has 6 nitrogen and oxygen atoms in total. The Hall–Kier alpha value is -3.42. The Labute approximate surface area is 232 Å².